The Hall–Kier alpha value is -2.69. The van der Waals surface area contributed by atoms with Crippen molar-refractivity contribution in [1.82, 2.24) is 0 Å². The van der Waals surface area contributed by atoms with E-state index in [1.54, 1.807) is 25.1 Å². The molecule has 0 heterocycles. The Morgan fingerprint density at radius 1 is 1.10 bits per heavy atom. The van der Waals surface area contributed by atoms with E-state index in [2.05, 4.69) is 4.74 Å². The molecule has 0 bridgehead atoms. The highest BCUT2D eigenvalue weighted by molar-refractivity contribution is 5.89. The average molecular weight is 288 g/mol. The second kappa shape index (κ2) is 6.17. The molecule has 2 aromatic carbocycles. The molecule has 0 unspecified atom stereocenters. The van der Waals surface area contributed by atoms with Crippen LogP contribution in [-0.4, -0.2) is 13.1 Å². The number of aryl methyl sites for hydroxylation is 1. The minimum atomic E-state index is -0.749. The summed E-state index contributed by atoms with van der Waals surface area (Å²) in [5.41, 5.74) is 0.234. The van der Waals surface area contributed by atoms with Gasteiger partial charge in [-0.05, 0) is 31.2 Å². The largest absolute Gasteiger partial charge is 0.465 e. The van der Waals surface area contributed by atoms with Gasteiger partial charge in [0, 0.05) is 5.56 Å². The summed E-state index contributed by atoms with van der Waals surface area (Å²) in [5, 5.41) is 0. The van der Waals surface area contributed by atoms with E-state index in [1.165, 1.54) is 25.3 Å². The first-order chi connectivity index (χ1) is 10.0. The van der Waals surface area contributed by atoms with E-state index < -0.39 is 11.8 Å². The first kappa shape index (κ1) is 14.7. The molecule has 0 aliphatic carbocycles. The highest BCUT2D eigenvalue weighted by Crippen LogP contribution is 2.23. The number of methoxy groups -OCH3 is 1. The Bertz CT molecular complexity index is 740. The smallest absolute Gasteiger partial charge is 0.337 e. The Morgan fingerprint density at radius 2 is 1.81 bits per heavy atom. The van der Waals surface area contributed by atoms with Gasteiger partial charge in [0.05, 0.1) is 12.7 Å². The Kier molecular flexibility index (Phi) is 4.33. The zero-order chi connectivity index (χ0) is 15.4. The van der Waals surface area contributed by atoms with Crippen molar-refractivity contribution in [3.63, 3.8) is 0 Å². The fourth-order valence-corrected chi connectivity index (χ4v) is 1.72. The summed E-state index contributed by atoms with van der Waals surface area (Å²) in [6.45, 7) is 1.64. The highest BCUT2D eigenvalue weighted by Gasteiger charge is 2.12. The van der Waals surface area contributed by atoms with Gasteiger partial charge in [0.1, 0.15) is 0 Å². The maximum absolute atomic E-state index is 13.9. The minimum absolute atomic E-state index is 0.0159. The summed E-state index contributed by atoms with van der Waals surface area (Å²) in [6, 6.07) is 10.1. The molecule has 0 spiro atoms. The number of hydrogen-bond acceptors (Lipinski definition) is 4. The van der Waals surface area contributed by atoms with Crippen LogP contribution in [0.2, 0.25) is 0 Å². The van der Waals surface area contributed by atoms with Gasteiger partial charge in [-0.1, -0.05) is 18.2 Å². The van der Waals surface area contributed by atoms with E-state index >= 15 is 0 Å². The molecule has 0 aliphatic rings. The second-order valence-corrected chi connectivity index (χ2v) is 4.33. The molecule has 108 valence electrons. The van der Waals surface area contributed by atoms with E-state index in [9.17, 15) is 14.0 Å². The third-order valence-corrected chi connectivity index (χ3v) is 2.86. The molecular formula is C16H13FO4. The van der Waals surface area contributed by atoms with Crippen LogP contribution in [0.1, 0.15) is 15.9 Å². The van der Waals surface area contributed by atoms with Crippen LogP contribution in [0.5, 0.6) is 11.5 Å². The SMILES string of the molecule is COC(=O)c1ccc(Oc2ccccc(C)c2=O)c(F)c1. The number of hydrogen-bond donors (Lipinski definition) is 0. The summed E-state index contributed by atoms with van der Waals surface area (Å²) < 4.78 is 23.7. The monoisotopic (exact) mass is 288 g/mol. The van der Waals surface area contributed by atoms with Crippen LogP contribution in [0.15, 0.2) is 47.3 Å². The molecule has 4 nitrogen and oxygen atoms in total. The lowest BCUT2D eigenvalue weighted by Gasteiger charge is -2.06. The van der Waals surface area contributed by atoms with E-state index in [0.717, 1.165) is 6.07 Å². The molecule has 0 N–H and O–H groups in total. The third kappa shape index (κ3) is 3.25. The van der Waals surface area contributed by atoms with Gasteiger partial charge in [-0.25, -0.2) is 9.18 Å². The predicted octanol–water partition coefficient (Wildman–Crippen LogP) is 3.07. The second-order valence-electron chi connectivity index (χ2n) is 4.33. The van der Waals surface area contributed by atoms with Crippen molar-refractivity contribution in [3.05, 3.63) is 69.6 Å². The molecular weight excluding hydrogens is 275 g/mol. The fourth-order valence-electron chi connectivity index (χ4n) is 1.72. The lowest BCUT2D eigenvalue weighted by atomic mass is 10.2. The van der Waals surface area contributed by atoms with Gasteiger partial charge in [0.15, 0.2) is 17.3 Å². The summed E-state index contributed by atoms with van der Waals surface area (Å²) in [7, 11) is 1.21. The van der Waals surface area contributed by atoms with Crippen molar-refractivity contribution in [2.75, 3.05) is 7.11 Å². The quantitative estimate of drug-likeness (QED) is 0.814. The lowest BCUT2D eigenvalue weighted by molar-refractivity contribution is 0.0600. The summed E-state index contributed by atoms with van der Waals surface area (Å²) in [5.74, 6) is -1.51. The topological polar surface area (TPSA) is 52.6 Å². The zero-order valence-corrected chi connectivity index (χ0v) is 11.6. The summed E-state index contributed by atoms with van der Waals surface area (Å²) in [6.07, 6.45) is 0. The predicted molar refractivity (Wildman–Crippen MR) is 75.3 cm³/mol. The Balaban J connectivity index is 2.38. The molecule has 2 aromatic rings. The van der Waals surface area contributed by atoms with Crippen LogP contribution < -0.4 is 10.2 Å². The van der Waals surface area contributed by atoms with Gasteiger partial charge >= 0.3 is 5.97 Å². The molecule has 5 heteroatoms. The van der Waals surface area contributed by atoms with Gasteiger partial charge in [-0.2, -0.15) is 0 Å². The first-order valence-corrected chi connectivity index (χ1v) is 6.18. The van der Waals surface area contributed by atoms with Crippen LogP contribution in [0, 0.1) is 12.7 Å². The molecule has 0 radical (unpaired) electrons. The van der Waals surface area contributed by atoms with Gasteiger partial charge in [-0.15, -0.1) is 0 Å². The van der Waals surface area contributed by atoms with Gasteiger partial charge in [-0.3, -0.25) is 4.79 Å². The van der Waals surface area contributed by atoms with Crippen LogP contribution in [0.3, 0.4) is 0 Å². The van der Waals surface area contributed by atoms with Gasteiger partial charge < -0.3 is 9.47 Å². The van der Waals surface area contributed by atoms with E-state index in [4.69, 9.17) is 4.74 Å². The highest BCUT2D eigenvalue weighted by atomic mass is 19.1. The number of rotatable bonds is 3. The number of carbonyl (C=O) groups is 1. The van der Waals surface area contributed by atoms with Crippen molar-refractivity contribution < 1.29 is 18.7 Å². The fraction of sp³-hybridized carbons (Fsp3) is 0.125. The van der Waals surface area contributed by atoms with E-state index in [0.29, 0.717) is 5.56 Å². The maximum Gasteiger partial charge on any atom is 0.337 e. The normalized spacial score (nSPS) is 10.0. The third-order valence-electron chi connectivity index (χ3n) is 2.86. The summed E-state index contributed by atoms with van der Waals surface area (Å²) in [4.78, 5) is 23.3. The Morgan fingerprint density at radius 3 is 2.48 bits per heavy atom. The number of ether oxygens (including phenoxy) is 2. The molecule has 0 fully saturated rings. The van der Waals surface area contributed by atoms with Crippen molar-refractivity contribution in [3.8, 4) is 11.5 Å². The number of esters is 1. The van der Waals surface area contributed by atoms with Crippen LogP contribution in [0.25, 0.3) is 0 Å². The molecule has 0 saturated heterocycles. The van der Waals surface area contributed by atoms with Crippen molar-refractivity contribution in [2.24, 2.45) is 0 Å². The van der Waals surface area contributed by atoms with Gasteiger partial charge in [0.25, 0.3) is 0 Å². The number of halogens is 1. The molecule has 21 heavy (non-hydrogen) atoms. The minimum Gasteiger partial charge on any atom is -0.465 e. The molecule has 0 saturated carbocycles. The zero-order valence-electron chi connectivity index (χ0n) is 11.6. The molecule has 0 aromatic heterocycles. The first-order valence-electron chi connectivity index (χ1n) is 6.18. The lowest BCUT2D eigenvalue weighted by Crippen LogP contribution is -2.06. The molecule has 0 aliphatic heterocycles. The molecule has 0 atom stereocenters. The van der Waals surface area contributed by atoms with Crippen molar-refractivity contribution >= 4 is 5.97 Å². The van der Waals surface area contributed by atoms with Crippen molar-refractivity contribution in [1.29, 1.82) is 0 Å². The molecule has 2 rings (SSSR count). The van der Waals surface area contributed by atoms with Gasteiger partial charge in [0.2, 0.25) is 5.43 Å². The van der Waals surface area contributed by atoms with E-state index in [-0.39, 0.29) is 22.5 Å². The van der Waals surface area contributed by atoms with Crippen LogP contribution in [-0.2, 0) is 4.74 Å². The van der Waals surface area contributed by atoms with Crippen LogP contribution >= 0.6 is 0 Å². The van der Waals surface area contributed by atoms with E-state index in [1.807, 2.05) is 0 Å². The summed E-state index contributed by atoms with van der Waals surface area (Å²) >= 11 is 0. The standard InChI is InChI=1S/C16H13FO4/c1-10-5-3-4-6-14(15(10)18)21-13-8-7-11(9-12(13)17)16(19)20-2/h3-9H,1-2H3. The molecule has 0 amide bonds. The van der Waals surface area contributed by atoms with Crippen molar-refractivity contribution in [2.45, 2.75) is 6.92 Å². The average Bonchev–Trinajstić information content (AvgIpc) is 2.64. The Labute approximate surface area is 120 Å². The number of benzene rings is 1. The van der Waals surface area contributed by atoms with Crippen LogP contribution in [0.4, 0.5) is 4.39 Å². The number of carbonyl (C=O) groups excluding carboxylic acids is 1. The maximum atomic E-state index is 13.9.